The Bertz CT molecular complexity index is 685. The van der Waals surface area contributed by atoms with Gasteiger partial charge in [0.25, 0.3) is 0 Å². The number of rotatable bonds is 8. The number of hydrogen-bond acceptors (Lipinski definition) is 4. The van der Waals surface area contributed by atoms with E-state index in [4.69, 9.17) is 4.74 Å². The highest BCUT2D eigenvalue weighted by Gasteiger charge is 2.06. The molecule has 2 N–H and O–H groups in total. The number of thiazole rings is 1. The van der Waals surface area contributed by atoms with Gasteiger partial charge in [-0.25, -0.2) is 4.98 Å². The van der Waals surface area contributed by atoms with Crippen LogP contribution in [0.1, 0.15) is 28.1 Å². The van der Waals surface area contributed by atoms with Crippen LogP contribution in [0.2, 0.25) is 0 Å². The Balaban J connectivity index is 0.00000338. The summed E-state index contributed by atoms with van der Waals surface area (Å²) < 4.78 is 5.70. The highest BCUT2D eigenvalue weighted by atomic mass is 127. The molecular formula is C19H29IN4OS. The number of hydrogen-bond donors (Lipinski definition) is 2. The van der Waals surface area contributed by atoms with Crippen LogP contribution in [0.25, 0.3) is 0 Å². The van der Waals surface area contributed by atoms with E-state index in [0.29, 0.717) is 13.2 Å². The van der Waals surface area contributed by atoms with E-state index in [1.54, 1.807) is 18.4 Å². The second-order valence-electron chi connectivity index (χ2n) is 5.80. The van der Waals surface area contributed by atoms with E-state index in [0.717, 1.165) is 31.1 Å². The number of halogens is 1. The number of aliphatic imine (C=N–C) groups is 1. The number of aryl methyl sites for hydroxylation is 3. The number of nitrogens with one attached hydrogen (secondary N) is 2. The number of aromatic nitrogens is 1. The number of benzene rings is 1. The molecule has 0 aliphatic rings. The van der Waals surface area contributed by atoms with Crippen molar-refractivity contribution in [1.29, 1.82) is 0 Å². The first-order valence-corrected chi connectivity index (χ1v) is 9.53. The summed E-state index contributed by atoms with van der Waals surface area (Å²) in [6.45, 7) is 8.46. The molecule has 0 radical (unpaired) electrons. The zero-order chi connectivity index (χ0) is 18.1. The molecule has 2 aromatic rings. The van der Waals surface area contributed by atoms with Crippen molar-refractivity contribution in [1.82, 2.24) is 15.6 Å². The first-order chi connectivity index (χ1) is 12.1. The van der Waals surface area contributed by atoms with Crippen LogP contribution in [-0.4, -0.2) is 37.7 Å². The number of guanidine groups is 1. The fourth-order valence-electron chi connectivity index (χ4n) is 2.40. The fraction of sp³-hybridized carbons (Fsp3) is 0.474. The second kappa shape index (κ2) is 12.1. The molecular weight excluding hydrogens is 459 g/mol. The Morgan fingerprint density at radius 1 is 1.15 bits per heavy atom. The van der Waals surface area contributed by atoms with Gasteiger partial charge in [0, 0.05) is 24.9 Å². The van der Waals surface area contributed by atoms with Crippen LogP contribution in [0.15, 0.2) is 29.3 Å². The fourth-order valence-corrected chi connectivity index (χ4v) is 3.43. The molecule has 0 saturated carbocycles. The molecule has 0 spiro atoms. The van der Waals surface area contributed by atoms with Crippen molar-refractivity contribution < 1.29 is 4.74 Å². The van der Waals surface area contributed by atoms with E-state index < -0.39 is 0 Å². The summed E-state index contributed by atoms with van der Waals surface area (Å²) in [4.78, 5) is 10.2. The van der Waals surface area contributed by atoms with Gasteiger partial charge in [0.15, 0.2) is 5.96 Å². The maximum absolute atomic E-state index is 5.70. The maximum atomic E-state index is 5.70. The maximum Gasteiger partial charge on any atom is 0.191 e. The minimum atomic E-state index is 0. The smallest absolute Gasteiger partial charge is 0.191 e. The lowest BCUT2D eigenvalue weighted by molar-refractivity contribution is 0.322. The lowest BCUT2D eigenvalue weighted by atomic mass is 10.2. The van der Waals surface area contributed by atoms with Gasteiger partial charge in [-0.2, -0.15) is 0 Å². The monoisotopic (exact) mass is 488 g/mol. The van der Waals surface area contributed by atoms with Crippen molar-refractivity contribution in [3.63, 3.8) is 0 Å². The Morgan fingerprint density at radius 3 is 2.46 bits per heavy atom. The molecule has 2 rings (SSSR count). The van der Waals surface area contributed by atoms with E-state index in [1.165, 1.54) is 21.1 Å². The van der Waals surface area contributed by atoms with E-state index in [2.05, 4.69) is 41.4 Å². The molecule has 0 aliphatic carbocycles. The zero-order valence-corrected chi connectivity index (χ0v) is 19.1. The van der Waals surface area contributed by atoms with Crippen molar-refractivity contribution in [3.05, 3.63) is 45.4 Å². The molecule has 0 aliphatic heterocycles. The molecule has 0 amide bonds. The normalized spacial score (nSPS) is 11.0. The highest BCUT2D eigenvalue weighted by molar-refractivity contribution is 14.0. The molecule has 7 heteroatoms. The van der Waals surface area contributed by atoms with E-state index in [9.17, 15) is 0 Å². The van der Waals surface area contributed by atoms with Gasteiger partial charge in [-0.3, -0.25) is 4.99 Å². The summed E-state index contributed by atoms with van der Waals surface area (Å²) >= 11 is 1.79. The van der Waals surface area contributed by atoms with Crippen LogP contribution in [0.3, 0.4) is 0 Å². The summed E-state index contributed by atoms with van der Waals surface area (Å²) in [5.41, 5.74) is 2.45. The van der Waals surface area contributed by atoms with Crippen molar-refractivity contribution >= 4 is 41.3 Å². The zero-order valence-electron chi connectivity index (χ0n) is 16.0. The number of ether oxygens (including phenoxy) is 1. The van der Waals surface area contributed by atoms with E-state index >= 15 is 0 Å². The molecule has 1 aromatic heterocycles. The number of nitrogens with zero attached hydrogens (tertiary/aromatic N) is 2. The molecule has 0 bridgehead atoms. The SMILES string of the molecule is CCc1nc(CCNC(=NC)NCCOc2ccc(C)cc2)sc1C.I. The molecule has 26 heavy (non-hydrogen) atoms. The minimum absolute atomic E-state index is 0. The van der Waals surface area contributed by atoms with Crippen molar-refractivity contribution in [2.24, 2.45) is 4.99 Å². The second-order valence-corrected chi connectivity index (χ2v) is 7.09. The molecule has 0 unspecified atom stereocenters. The van der Waals surface area contributed by atoms with E-state index in [-0.39, 0.29) is 24.0 Å². The molecule has 5 nitrogen and oxygen atoms in total. The van der Waals surface area contributed by atoms with E-state index in [1.807, 2.05) is 24.3 Å². The predicted octanol–water partition coefficient (Wildman–Crippen LogP) is 3.73. The molecule has 0 fully saturated rings. The van der Waals surface area contributed by atoms with Crippen molar-refractivity contribution in [2.45, 2.75) is 33.6 Å². The largest absolute Gasteiger partial charge is 0.492 e. The standard InChI is InChI=1S/C19H28N4OS.HI/c1-5-17-15(3)25-18(23-17)10-11-21-19(20-4)22-12-13-24-16-8-6-14(2)7-9-16;/h6-9H,5,10-13H2,1-4H3,(H2,20,21,22);1H. The minimum Gasteiger partial charge on any atom is -0.492 e. The van der Waals surface area contributed by atoms with Gasteiger partial charge >= 0.3 is 0 Å². The Morgan fingerprint density at radius 2 is 1.85 bits per heavy atom. The van der Waals surface area contributed by atoms with Gasteiger partial charge in [-0.05, 0) is 32.4 Å². The third-order valence-corrected chi connectivity index (χ3v) is 4.88. The van der Waals surface area contributed by atoms with Crippen molar-refractivity contribution in [3.8, 4) is 5.75 Å². The third kappa shape index (κ3) is 7.49. The van der Waals surface area contributed by atoms with Gasteiger partial charge < -0.3 is 15.4 Å². The average Bonchev–Trinajstić information content (AvgIpc) is 2.98. The van der Waals surface area contributed by atoms with Crippen LogP contribution in [0.4, 0.5) is 0 Å². The third-order valence-electron chi connectivity index (χ3n) is 3.81. The highest BCUT2D eigenvalue weighted by Crippen LogP contribution is 2.17. The van der Waals surface area contributed by atoms with Crippen LogP contribution < -0.4 is 15.4 Å². The summed E-state index contributed by atoms with van der Waals surface area (Å²) in [5.74, 6) is 1.68. The van der Waals surface area contributed by atoms with Gasteiger partial charge in [-0.1, -0.05) is 24.6 Å². The van der Waals surface area contributed by atoms with Crippen molar-refractivity contribution in [2.75, 3.05) is 26.7 Å². The Kier molecular flexibility index (Phi) is 10.6. The molecule has 1 aromatic carbocycles. The first kappa shape index (κ1) is 22.7. The molecule has 0 atom stereocenters. The predicted molar refractivity (Wildman–Crippen MR) is 121 cm³/mol. The summed E-state index contributed by atoms with van der Waals surface area (Å²) in [7, 11) is 1.78. The van der Waals surface area contributed by atoms with Crippen LogP contribution in [0.5, 0.6) is 5.75 Å². The van der Waals surface area contributed by atoms with Gasteiger partial charge in [0.1, 0.15) is 12.4 Å². The lowest BCUT2D eigenvalue weighted by Gasteiger charge is -2.12. The van der Waals surface area contributed by atoms with Crippen LogP contribution in [-0.2, 0) is 12.8 Å². The Labute approximate surface area is 177 Å². The average molecular weight is 488 g/mol. The van der Waals surface area contributed by atoms with Gasteiger partial charge in [0.2, 0.25) is 0 Å². The summed E-state index contributed by atoms with van der Waals surface area (Å²) in [6, 6.07) is 8.08. The molecule has 0 saturated heterocycles. The molecule has 144 valence electrons. The first-order valence-electron chi connectivity index (χ1n) is 8.71. The van der Waals surface area contributed by atoms with Gasteiger partial charge in [-0.15, -0.1) is 35.3 Å². The molecule has 1 heterocycles. The van der Waals surface area contributed by atoms with Crippen LogP contribution in [0, 0.1) is 13.8 Å². The lowest BCUT2D eigenvalue weighted by Crippen LogP contribution is -2.40. The summed E-state index contributed by atoms with van der Waals surface area (Å²) in [6.07, 6.45) is 1.91. The summed E-state index contributed by atoms with van der Waals surface area (Å²) in [5, 5.41) is 7.76. The van der Waals surface area contributed by atoms with Gasteiger partial charge in [0.05, 0.1) is 17.2 Å². The quantitative estimate of drug-likeness (QED) is 0.257. The van der Waals surface area contributed by atoms with Crippen LogP contribution >= 0.6 is 35.3 Å². The topological polar surface area (TPSA) is 58.5 Å². The Hall–Kier alpha value is -1.35.